The molecule has 0 N–H and O–H groups in total. The van der Waals surface area contributed by atoms with E-state index in [4.69, 9.17) is 4.52 Å². The van der Waals surface area contributed by atoms with Crippen molar-refractivity contribution in [3.8, 4) is 11.4 Å². The Kier molecular flexibility index (Phi) is 4.66. The van der Waals surface area contributed by atoms with Crippen LogP contribution in [0.3, 0.4) is 0 Å². The highest BCUT2D eigenvalue weighted by Gasteiger charge is 2.36. The summed E-state index contributed by atoms with van der Waals surface area (Å²) in [5, 5.41) is 4.05. The molecule has 1 saturated heterocycles. The van der Waals surface area contributed by atoms with Crippen molar-refractivity contribution in [2.24, 2.45) is 5.92 Å². The highest BCUT2D eigenvalue weighted by Crippen LogP contribution is 2.32. The molecule has 1 aromatic carbocycles. The molecule has 1 fully saturated rings. The van der Waals surface area contributed by atoms with Gasteiger partial charge in [0.15, 0.2) is 0 Å². The van der Waals surface area contributed by atoms with E-state index >= 15 is 0 Å². The zero-order chi connectivity index (χ0) is 18.8. The predicted molar refractivity (Wildman–Crippen MR) is 96.1 cm³/mol. The van der Waals surface area contributed by atoms with Gasteiger partial charge in [0.1, 0.15) is 5.82 Å². The summed E-state index contributed by atoms with van der Waals surface area (Å²) in [7, 11) is 0. The van der Waals surface area contributed by atoms with Gasteiger partial charge in [0.2, 0.25) is 17.6 Å². The summed E-state index contributed by atoms with van der Waals surface area (Å²) >= 11 is 0. The maximum Gasteiger partial charge on any atom is 0.232 e. The molecule has 27 heavy (non-hydrogen) atoms. The third-order valence-corrected chi connectivity index (χ3v) is 4.91. The number of nitrogens with zero attached hydrogens (tertiary/aromatic N) is 4. The first-order valence-corrected chi connectivity index (χ1v) is 8.86. The molecule has 2 aromatic heterocycles. The van der Waals surface area contributed by atoms with E-state index in [1.54, 1.807) is 24.5 Å². The Hall–Kier alpha value is -3.09. The van der Waals surface area contributed by atoms with Crippen molar-refractivity contribution in [3.05, 3.63) is 66.1 Å². The summed E-state index contributed by atoms with van der Waals surface area (Å²) < 4.78 is 18.5. The van der Waals surface area contributed by atoms with Crippen molar-refractivity contribution in [2.75, 3.05) is 13.1 Å². The highest BCUT2D eigenvalue weighted by molar-refractivity contribution is 5.79. The molecular formula is C20H19FN4O2. The summed E-state index contributed by atoms with van der Waals surface area (Å²) in [4.78, 5) is 23.0. The van der Waals surface area contributed by atoms with E-state index in [0.29, 0.717) is 24.8 Å². The first kappa shape index (κ1) is 17.3. The average molecular weight is 366 g/mol. The van der Waals surface area contributed by atoms with E-state index in [9.17, 15) is 9.18 Å². The van der Waals surface area contributed by atoms with Crippen LogP contribution >= 0.6 is 0 Å². The minimum Gasteiger partial charge on any atom is -0.341 e. The quantitative estimate of drug-likeness (QED) is 0.710. The van der Waals surface area contributed by atoms with Gasteiger partial charge in [-0.1, -0.05) is 24.2 Å². The molecule has 0 saturated carbocycles. The second-order valence-corrected chi connectivity index (χ2v) is 6.88. The predicted octanol–water partition coefficient (Wildman–Crippen LogP) is 3.08. The van der Waals surface area contributed by atoms with E-state index in [-0.39, 0.29) is 30.0 Å². The van der Waals surface area contributed by atoms with E-state index in [1.165, 1.54) is 12.1 Å². The molecule has 1 aliphatic heterocycles. The summed E-state index contributed by atoms with van der Waals surface area (Å²) in [6.45, 7) is 3.24. The maximum absolute atomic E-state index is 13.0. The fraction of sp³-hybridized carbons (Fsp3) is 0.300. The topological polar surface area (TPSA) is 72.1 Å². The largest absolute Gasteiger partial charge is 0.341 e. The standard InChI is InChI=1S/C20H19FN4O2/c1-13-11-25(18(26)9-14-4-6-16(21)7-5-14)12-17(13)20-23-19(24-27-20)15-3-2-8-22-10-15/h2-8,10,13,17H,9,11-12H2,1H3. The molecule has 0 spiro atoms. The van der Waals surface area contributed by atoms with Crippen LogP contribution in [-0.2, 0) is 11.2 Å². The minimum absolute atomic E-state index is 0.0000826. The number of hydrogen-bond acceptors (Lipinski definition) is 5. The average Bonchev–Trinajstić information content (AvgIpc) is 3.31. The number of rotatable bonds is 4. The first-order valence-electron chi connectivity index (χ1n) is 8.86. The molecule has 0 radical (unpaired) electrons. The normalized spacial score (nSPS) is 19.4. The summed E-state index contributed by atoms with van der Waals surface area (Å²) in [6, 6.07) is 9.72. The second-order valence-electron chi connectivity index (χ2n) is 6.88. The summed E-state index contributed by atoms with van der Waals surface area (Å²) in [5.74, 6) is 0.967. The molecule has 4 rings (SSSR count). The smallest absolute Gasteiger partial charge is 0.232 e. The van der Waals surface area contributed by atoms with Crippen molar-refractivity contribution in [1.82, 2.24) is 20.0 Å². The Bertz CT molecular complexity index is 927. The Morgan fingerprint density at radius 2 is 2.07 bits per heavy atom. The lowest BCUT2D eigenvalue weighted by Gasteiger charge is -2.15. The Balaban J connectivity index is 1.44. The van der Waals surface area contributed by atoms with Gasteiger partial charge in [-0.25, -0.2) is 4.39 Å². The van der Waals surface area contributed by atoms with Gasteiger partial charge in [-0.15, -0.1) is 0 Å². The molecule has 7 heteroatoms. The number of aromatic nitrogens is 3. The van der Waals surface area contributed by atoms with Gasteiger partial charge in [0, 0.05) is 31.0 Å². The van der Waals surface area contributed by atoms with E-state index < -0.39 is 0 Å². The van der Waals surface area contributed by atoms with Crippen LogP contribution in [0.1, 0.15) is 24.3 Å². The van der Waals surface area contributed by atoms with E-state index in [1.807, 2.05) is 17.0 Å². The number of hydrogen-bond donors (Lipinski definition) is 0. The second kappa shape index (κ2) is 7.26. The van der Waals surface area contributed by atoms with Crippen molar-refractivity contribution >= 4 is 5.91 Å². The van der Waals surface area contributed by atoms with Crippen LogP contribution in [-0.4, -0.2) is 39.0 Å². The SMILES string of the molecule is CC1CN(C(=O)Cc2ccc(F)cc2)CC1c1nc(-c2cccnc2)no1. The van der Waals surface area contributed by atoms with Gasteiger partial charge in [-0.05, 0) is 35.7 Å². The molecule has 3 heterocycles. The Morgan fingerprint density at radius 3 is 2.81 bits per heavy atom. The van der Waals surface area contributed by atoms with Gasteiger partial charge in [-0.3, -0.25) is 9.78 Å². The fourth-order valence-corrected chi connectivity index (χ4v) is 3.38. The molecule has 3 aromatic rings. The van der Waals surface area contributed by atoms with Crippen LogP contribution < -0.4 is 0 Å². The van der Waals surface area contributed by atoms with Gasteiger partial charge >= 0.3 is 0 Å². The number of benzene rings is 1. The lowest BCUT2D eigenvalue weighted by molar-refractivity contribution is -0.129. The van der Waals surface area contributed by atoms with Crippen molar-refractivity contribution in [1.29, 1.82) is 0 Å². The zero-order valence-electron chi connectivity index (χ0n) is 14.9. The molecule has 138 valence electrons. The van der Waals surface area contributed by atoms with Crippen LogP contribution in [0.5, 0.6) is 0 Å². The maximum atomic E-state index is 13.0. The number of halogens is 1. The number of likely N-dealkylation sites (tertiary alicyclic amines) is 1. The van der Waals surface area contributed by atoms with Gasteiger partial charge in [-0.2, -0.15) is 4.98 Å². The molecule has 1 amide bonds. The molecule has 0 aliphatic carbocycles. The highest BCUT2D eigenvalue weighted by atomic mass is 19.1. The van der Waals surface area contributed by atoms with Gasteiger partial charge in [0.05, 0.1) is 12.3 Å². The van der Waals surface area contributed by atoms with E-state index in [0.717, 1.165) is 11.1 Å². The third-order valence-electron chi connectivity index (χ3n) is 4.91. The lowest BCUT2D eigenvalue weighted by atomic mass is 9.98. The molecular weight excluding hydrogens is 347 g/mol. The van der Waals surface area contributed by atoms with Gasteiger partial charge < -0.3 is 9.42 Å². The van der Waals surface area contributed by atoms with Gasteiger partial charge in [0.25, 0.3) is 0 Å². The number of carbonyl (C=O) groups is 1. The van der Waals surface area contributed by atoms with Crippen LogP contribution in [0, 0.1) is 11.7 Å². The summed E-state index contributed by atoms with van der Waals surface area (Å²) in [5.41, 5.74) is 1.59. The van der Waals surface area contributed by atoms with Crippen LogP contribution in [0.25, 0.3) is 11.4 Å². The third kappa shape index (κ3) is 3.72. The Labute approximate surface area is 156 Å². The molecule has 0 bridgehead atoms. The zero-order valence-corrected chi connectivity index (χ0v) is 14.9. The fourth-order valence-electron chi connectivity index (χ4n) is 3.38. The monoisotopic (exact) mass is 366 g/mol. The summed E-state index contributed by atoms with van der Waals surface area (Å²) in [6.07, 6.45) is 3.63. The van der Waals surface area contributed by atoms with E-state index in [2.05, 4.69) is 22.0 Å². The lowest BCUT2D eigenvalue weighted by Crippen LogP contribution is -2.30. The van der Waals surface area contributed by atoms with Crippen molar-refractivity contribution in [2.45, 2.75) is 19.3 Å². The number of pyridine rings is 1. The van der Waals surface area contributed by atoms with Crippen LogP contribution in [0.4, 0.5) is 4.39 Å². The van der Waals surface area contributed by atoms with Crippen LogP contribution in [0.2, 0.25) is 0 Å². The minimum atomic E-state index is -0.304. The molecule has 2 unspecified atom stereocenters. The Morgan fingerprint density at radius 1 is 1.26 bits per heavy atom. The number of carbonyl (C=O) groups excluding carboxylic acids is 1. The van der Waals surface area contributed by atoms with Crippen LogP contribution in [0.15, 0.2) is 53.3 Å². The molecule has 1 aliphatic rings. The molecule has 6 nitrogen and oxygen atoms in total. The van der Waals surface area contributed by atoms with Crippen molar-refractivity contribution in [3.63, 3.8) is 0 Å². The first-order chi connectivity index (χ1) is 13.1. The molecule has 2 atom stereocenters. The number of amides is 1. The van der Waals surface area contributed by atoms with Crippen molar-refractivity contribution < 1.29 is 13.7 Å².